The second-order valence-electron chi connectivity index (χ2n) is 10.6. The van der Waals surface area contributed by atoms with E-state index in [1.165, 1.54) is 5.56 Å². The Labute approximate surface area is 216 Å². The highest BCUT2D eigenvalue weighted by molar-refractivity contribution is 5.88. The molecule has 3 rings (SSSR count). The average Bonchev–Trinajstić information content (AvgIpc) is 2.85. The molecule has 0 saturated carbocycles. The molecule has 0 aliphatic carbocycles. The summed E-state index contributed by atoms with van der Waals surface area (Å²) in [4.78, 5) is 28.7. The lowest BCUT2D eigenvalue weighted by Crippen LogP contribution is -2.50. The second-order valence-corrected chi connectivity index (χ2v) is 10.6. The maximum Gasteiger partial charge on any atom is 0.243 e. The highest BCUT2D eigenvalue weighted by Crippen LogP contribution is 2.23. The summed E-state index contributed by atoms with van der Waals surface area (Å²) in [6.07, 6.45) is 1.47. The zero-order valence-corrected chi connectivity index (χ0v) is 22.4. The summed E-state index contributed by atoms with van der Waals surface area (Å²) in [5, 5.41) is 2.96. The number of carbonyl (C=O) groups is 2. The molecule has 0 aliphatic heterocycles. The molecule has 3 aromatic carbocycles. The van der Waals surface area contributed by atoms with Gasteiger partial charge in [0.05, 0.1) is 0 Å². The van der Waals surface area contributed by atoms with Gasteiger partial charge in [-0.15, -0.1) is 0 Å². The molecule has 0 aromatic heterocycles. The Morgan fingerprint density at radius 1 is 0.861 bits per heavy atom. The Morgan fingerprint density at radius 2 is 1.53 bits per heavy atom. The third kappa shape index (κ3) is 7.81. The zero-order chi connectivity index (χ0) is 26.1. The number of carbonyl (C=O) groups excluding carboxylic acids is 2. The van der Waals surface area contributed by atoms with Crippen molar-refractivity contribution in [1.82, 2.24) is 10.2 Å². The van der Waals surface area contributed by atoms with Crippen molar-refractivity contribution >= 4 is 11.8 Å². The predicted molar refractivity (Wildman–Crippen MR) is 148 cm³/mol. The lowest BCUT2D eigenvalue weighted by Gasteiger charge is -2.31. The summed E-state index contributed by atoms with van der Waals surface area (Å²) in [6.45, 7) is 11.5. The smallest absolute Gasteiger partial charge is 0.243 e. The summed E-state index contributed by atoms with van der Waals surface area (Å²) < 4.78 is 0. The summed E-state index contributed by atoms with van der Waals surface area (Å²) in [6, 6.07) is 26.0. The lowest BCUT2D eigenvalue weighted by atomic mass is 9.86. The highest BCUT2D eigenvalue weighted by atomic mass is 16.2. The van der Waals surface area contributed by atoms with E-state index in [1.807, 2.05) is 62.4 Å². The van der Waals surface area contributed by atoms with Crippen molar-refractivity contribution in [2.24, 2.45) is 0 Å². The molecular formula is C32H40N2O2. The first-order valence-corrected chi connectivity index (χ1v) is 12.9. The molecule has 0 unspecified atom stereocenters. The van der Waals surface area contributed by atoms with Crippen LogP contribution in [0.4, 0.5) is 0 Å². The van der Waals surface area contributed by atoms with Crippen LogP contribution in [0.15, 0.2) is 78.9 Å². The van der Waals surface area contributed by atoms with Crippen LogP contribution in [0.1, 0.15) is 61.9 Å². The van der Waals surface area contributed by atoms with E-state index >= 15 is 0 Å². The van der Waals surface area contributed by atoms with E-state index < -0.39 is 6.04 Å². The van der Waals surface area contributed by atoms with Crippen LogP contribution in [0.25, 0.3) is 0 Å². The summed E-state index contributed by atoms with van der Waals surface area (Å²) >= 11 is 0. The van der Waals surface area contributed by atoms with E-state index in [9.17, 15) is 9.59 Å². The SMILES string of the molecule is CCNC(=O)[C@H](Cc1ccccc1)N(Cc1cccc(C)c1)C(=O)CCc1ccc(C(C)(C)C)cc1. The molecule has 0 spiro atoms. The van der Waals surface area contributed by atoms with E-state index in [4.69, 9.17) is 0 Å². The summed E-state index contributed by atoms with van der Waals surface area (Å²) in [7, 11) is 0. The van der Waals surface area contributed by atoms with Gasteiger partial charge in [0.15, 0.2) is 0 Å². The van der Waals surface area contributed by atoms with Crippen LogP contribution in [-0.2, 0) is 34.4 Å². The average molecular weight is 485 g/mol. The number of nitrogens with one attached hydrogen (secondary N) is 1. The quantitative estimate of drug-likeness (QED) is 0.384. The van der Waals surface area contributed by atoms with E-state index in [0.717, 1.165) is 22.3 Å². The Bertz CT molecular complexity index is 1130. The molecule has 0 aliphatic rings. The zero-order valence-electron chi connectivity index (χ0n) is 22.4. The van der Waals surface area contributed by atoms with Gasteiger partial charge in [0, 0.05) is 25.9 Å². The fourth-order valence-corrected chi connectivity index (χ4v) is 4.42. The lowest BCUT2D eigenvalue weighted by molar-refractivity contribution is -0.141. The second kappa shape index (κ2) is 12.5. The van der Waals surface area contributed by atoms with Crippen molar-refractivity contribution in [3.8, 4) is 0 Å². The first-order valence-electron chi connectivity index (χ1n) is 12.9. The van der Waals surface area contributed by atoms with Gasteiger partial charge in [-0.2, -0.15) is 0 Å². The maximum atomic E-state index is 13.7. The Kier molecular flexibility index (Phi) is 9.46. The number of hydrogen-bond acceptors (Lipinski definition) is 2. The van der Waals surface area contributed by atoms with Gasteiger partial charge in [-0.3, -0.25) is 9.59 Å². The number of likely N-dealkylation sites (N-methyl/N-ethyl adjacent to an activating group) is 1. The van der Waals surface area contributed by atoms with Gasteiger partial charge >= 0.3 is 0 Å². The first-order chi connectivity index (χ1) is 17.2. The Balaban J connectivity index is 1.86. The van der Waals surface area contributed by atoms with Crippen LogP contribution in [0.2, 0.25) is 0 Å². The van der Waals surface area contributed by atoms with Crippen molar-refractivity contribution in [2.75, 3.05) is 6.54 Å². The fraction of sp³-hybridized carbons (Fsp3) is 0.375. The van der Waals surface area contributed by atoms with Crippen LogP contribution < -0.4 is 5.32 Å². The summed E-state index contributed by atoms with van der Waals surface area (Å²) in [5.41, 5.74) is 5.70. The van der Waals surface area contributed by atoms with Gasteiger partial charge in [0.2, 0.25) is 11.8 Å². The largest absolute Gasteiger partial charge is 0.355 e. The number of benzene rings is 3. The van der Waals surface area contributed by atoms with Crippen LogP contribution in [0, 0.1) is 6.92 Å². The maximum absolute atomic E-state index is 13.7. The van der Waals surface area contributed by atoms with E-state index in [2.05, 4.69) is 56.4 Å². The molecule has 0 saturated heterocycles. The van der Waals surface area contributed by atoms with Crippen molar-refractivity contribution in [1.29, 1.82) is 0 Å². The number of rotatable bonds is 10. The number of amides is 2. The van der Waals surface area contributed by atoms with Gasteiger partial charge in [0.25, 0.3) is 0 Å². The molecule has 0 heterocycles. The van der Waals surface area contributed by atoms with Gasteiger partial charge < -0.3 is 10.2 Å². The normalized spacial score (nSPS) is 12.1. The van der Waals surface area contributed by atoms with Gasteiger partial charge in [-0.05, 0) is 47.9 Å². The fourth-order valence-electron chi connectivity index (χ4n) is 4.42. The molecule has 0 bridgehead atoms. The minimum atomic E-state index is -0.580. The first kappa shape index (κ1) is 27.2. The predicted octanol–water partition coefficient (Wildman–Crippen LogP) is 6.00. The molecule has 36 heavy (non-hydrogen) atoms. The molecule has 0 fully saturated rings. The van der Waals surface area contributed by atoms with Crippen molar-refractivity contribution in [3.05, 3.63) is 107 Å². The molecular weight excluding hydrogens is 444 g/mol. The highest BCUT2D eigenvalue weighted by Gasteiger charge is 2.30. The minimum absolute atomic E-state index is 0.0106. The van der Waals surface area contributed by atoms with E-state index in [0.29, 0.717) is 32.4 Å². The Morgan fingerprint density at radius 3 is 2.14 bits per heavy atom. The molecule has 0 radical (unpaired) electrons. The van der Waals surface area contributed by atoms with Crippen LogP contribution >= 0.6 is 0 Å². The molecule has 3 aromatic rings. The minimum Gasteiger partial charge on any atom is -0.355 e. The van der Waals surface area contributed by atoms with Crippen molar-refractivity contribution in [3.63, 3.8) is 0 Å². The molecule has 1 atom stereocenters. The third-order valence-corrected chi connectivity index (χ3v) is 6.51. The van der Waals surface area contributed by atoms with Crippen molar-refractivity contribution < 1.29 is 9.59 Å². The molecule has 190 valence electrons. The number of nitrogens with zero attached hydrogens (tertiary/aromatic N) is 1. The molecule has 1 N–H and O–H groups in total. The van der Waals surface area contributed by atoms with Crippen LogP contribution in [0.5, 0.6) is 0 Å². The Hall–Kier alpha value is -3.40. The monoisotopic (exact) mass is 484 g/mol. The standard InChI is InChI=1S/C32H40N2O2/c1-6-33-31(36)29(22-26-12-8-7-9-13-26)34(23-27-14-10-11-24(2)21-27)30(35)20-17-25-15-18-28(19-16-25)32(3,4)5/h7-16,18-19,21,29H,6,17,20,22-23H2,1-5H3,(H,33,36)/t29-/m0/s1. The van der Waals surface area contributed by atoms with Crippen LogP contribution in [-0.4, -0.2) is 29.3 Å². The summed E-state index contributed by atoms with van der Waals surface area (Å²) in [5.74, 6) is -0.125. The topological polar surface area (TPSA) is 49.4 Å². The molecule has 4 nitrogen and oxygen atoms in total. The van der Waals surface area contributed by atoms with Gasteiger partial charge in [0.1, 0.15) is 6.04 Å². The number of aryl methyl sites for hydroxylation is 2. The number of hydrogen-bond donors (Lipinski definition) is 1. The molecule has 4 heteroatoms. The van der Waals surface area contributed by atoms with Crippen molar-refractivity contribution in [2.45, 2.75) is 71.9 Å². The molecule has 2 amide bonds. The van der Waals surface area contributed by atoms with E-state index in [1.54, 1.807) is 4.90 Å². The third-order valence-electron chi connectivity index (χ3n) is 6.51. The van der Waals surface area contributed by atoms with Crippen LogP contribution in [0.3, 0.4) is 0 Å². The van der Waals surface area contributed by atoms with Gasteiger partial charge in [-0.25, -0.2) is 0 Å². The van der Waals surface area contributed by atoms with E-state index in [-0.39, 0.29) is 17.2 Å². The van der Waals surface area contributed by atoms with Gasteiger partial charge in [-0.1, -0.05) is 105 Å².